The third-order valence-electron chi connectivity index (χ3n) is 8.07. The minimum atomic E-state index is -0.633. The van der Waals surface area contributed by atoms with Crippen LogP contribution in [0.5, 0.6) is 5.75 Å². The van der Waals surface area contributed by atoms with Crippen molar-refractivity contribution in [2.24, 2.45) is 0 Å². The molecule has 39 heavy (non-hydrogen) atoms. The van der Waals surface area contributed by atoms with Crippen molar-refractivity contribution in [2.75, 3.05) is 31.1 Å². The Balaban J connectivity index is 1.19. The molecule has 1 saturated heterocycles. The van der Waals surface area contributed by atoms with Gasteiger partial charge in [-0.3, -0.25) is 4.79 Å². The summed E-state index contributed by atoms with van der Waals surface area (Å²) in [5, 5.41) is 5.53. The van der Waals surface area contributed by atoms with Crippen LogP contribution in [-0.4, -0.2) is 56.6 Å². The first-order chi connectivity index (χ1) is 19.0. The van der Waals surface area contributed by atoms with Gasteiger partial charge in [-0.1, -0.05) is 23.5 Å². The first kappa shape index (κ1) is 24.5. The van der Waals surface area contributed by atoms with E-state index >= 15 is 4.39 Å². The van der Waals surface area contributed by atoms with Gasteiger partial charge in [0, 0.05) is 31.6 Å². The molecule has 0 spiro atoms. The van der Waals surface area contributed by atoms with Crippen LogP contribution in [0.25, 0.3) is 4.96 Å². The molecule has 1 amide bonds. The smallest absolute Gasteiger partial charge is 0.261 e. The topological polar surface area (TPSA) is 75.9 Å². The van der Waals surface area contributed by atoms with Crippen LogP contribution in [0.3, 0.4) is 0 Å². The van der Waals surface area contributed by atoms with E-state index in [-0.39, 0.29) is 18.3 Å². The SMILES string of the molecule is Cc1nn2c3c(nc2s1)CCN(C(=O)COc1ccc(N2CCCC2)nc1C)C3c1ccc(C2CC2)cc1F. The molecule has 1 unspecified atom stereocenters. The van der Waals surface area contributed by atoms with Gasteiger partial charge in [-0.2, -0.15) is 5.10 Å². The van der Waals surface area contributed by atoms with E-state index < -0.39 is 6.04 Å². The zero-order valence-electron chi connectivity index (χ0n) is 22.2. The van der Waals surface area contributed by atoms with Gasteiger partial charge in [0.15, 0.2) is 6.61 Å². The molecular weight excluding hydrogens is 515 g/mol. The van der Waals surface area contributed by atoms with Gasteiger partial charge in [-0.25, -0.2) is 18.9 Å². The van der Waals surface area contributed by atoms with Crippen molar-refractivity contribution in [1.82, 2.24) is 24.5 Å². The number of anilines is 1. The first-order valence-corrected chi connectivity index (χ1v) is 14.6. The first-order valence-electron chi connectivity index (χ1n) is 13.8. The normalized spacial score (nSPS) is 19.1. The summed E-state index contributed by atoms with van der Waals surface area (Å²) in [6, 6.07) is 8.70. The number of amides is 1. The quantitative estimate of drug-likeness (QED) is 0.340. The van der Waals surface area contributed by atoms with Crippen molar-refractivity contribution >= 4 is 28.0 Å². The number of carbonyl (C=O) groups is 1. The second kappa shape index (κ2) is 9.59. The summed E-state index contributed by atoms with van der Waals surface area (Å²) in [4.78, 5) is 28.0. The number of imidazole rings is 1. The number of carbonyl (C=O) groups excluding carboxylic acids is 1. The standard InChI is InChI=1S/C29H31FN6O2S/c1-17-24(9-10-25(31-17)34-12-3-4-13-34)38-16-26(37)35-14-11-23-28(36-29(32-23)39-18(2)33-36)27(35)21-8-7-20(15-22(21)30)19-5-6-19/h7-10,15,19,27H,3-6,11-14,16H2,1-2H3. The molecule has 0 radical (unpaired) electrons. The number of fused-ring (bicyclic) bond motifs is 3. The maximum Gasteiger partial charge on any atom is 0.261 e. The zero-order valence-corrected chi connectivity index (χ0v) is 23.0. The van der Waals surface area contributed by atoms with Gasteiger partial charge in [-0.05, 0) is 69.2 Å². The Hall–Kier alpha value is -3.53. The molecule has 3 aliphatic rings. The average molecular weight is 547 g/mol. The fourth-order valence-electron chi connectivity index (χ4n) is 5.91. The highest BCUT2D eigenvalue weighted by atomic mass is 32.1. The minimum absolute atomic E-state index is 0.156. The molecule has 5 heterocycles. The van der Waals surface area contributed by atoms with Gasteiger partial charge in [-0.15, -0.1) is 0 Å². The average Bonchev–Trinajstić information content (AvgIpc) is 3.33. The van der Waals surface area contributed by atoms with Gasteiger partial charge in [0.05, 0.1) is 17.1 Å². The van der Waals surface area contributed by atoms with E-state index in [1.807, 2.05) is 38.1 Å². The van der Waals surface area contributed by atoms with E-state index in [1.165, 1.54) is 24.2 Å². The molecule has 1 aromatic carbocycles. The Morgan fingerprint density at radius 2 is 1.92 bits per heavy atom. The highest BCUT2D eigenvalue weighted by Crippen LogP contribution is 2.43. The molecule has 8 nitrogen and oxygen atoms in total. The molecule has 10 heteroatoms. The van der Waals surface area contributed by atoms with E-state index in [0.717, 1.165) is 64.4 Å². The molecule has 0 bridgehead atoms. The second-order valence-electron chi connectivity index (χ2n) is 10.8. The van der Waals surface area contributed by atoms with Crippen molar-refractivity contribution < 1.29 is 13.9 Å². The van der Waals surface area contributed by atoms with E-state index in [9.17, 15) is 4.79 Å². The summed E-state index contributed by atoms with van der Waals surface area (Å²) in [5.41, 5.74) is 3.87. The molecule has 2 fully saturated rings. The van der Waals surface area contributed by atoms with Crippen LogP contribution in [-0.2, 0) is 11.2 Å². The van der Waals surface area contributed by atoms with Gasteiger partial charge < -0.3 is 14.5 Å². The number of ether oxygens (including phenoxy) is 1. The zero-order chi connectivity index (χ0) is 26.7. The van der Waals surface area contributed by atoms with Crippen molar-refractivity contribution in [3.8, 4) is 5.75 Å². The predicted molar refractivity (Wildman–Crippen MR) is 147 cm³/mol. The van der Waals surface area contributed by atoms with Gasteiger partial charge in [0.25, 0.3) is 5.91 Å². The summed E-state index contributed by atoms with van der Waals surface area (Å²) in [7, 11) is 0. The highest BCUT2D eigenvalue weighted by molar-refractivity contribution is 7.16. The van der Waals surface area contributed by atoms with E-state index in [0.29, 0.717) is 30.2 Å². The van der Waals surface area contributed by atoms with E-state index in [2.05, 4.69) is 10.00 Å². The second-order valence-corrected chi connectivity index (χ2v) is 12.0. The van der Waals surface area contributed by atoms with Crippen LogP contribution < -0.4 is 9.64 Å². The lowest BCUT2D eigenvalue weighted by molar-refractivity contribution is -0.135. The van der Waals surface area contributed by atoms with Crippen LogP contribution >= 0.6 is 11.3 Å². The summed E-state index contributed by atoms with van der Waals surface area (Å²) in [6.07, 6.45) is 5.14. The van der Waals surface area contributed by atoms with E-state index in [4.69, 9.17) is 14.7 Å². The lowest BCUT2D eigenvalue weighted by atomic mass is 9.93. The Bertz CT molecular complexity index is 1570. The van der Waals surface area contributed by atoms with E-state index in [1.54, 1.807) is 15.5 Å². The maximum atomic E-state index is 15.7. The summed E-state index contributed by atoms with van der Waals surface area (Å²) < 4.78 is 23.5. The Kier molecular flexibility index (Phi) is 6.02. The number of benzene rings is 1. The summed E-state index contributed by atoms with van der Waals surface area (Å²) in [5.74, 6) is 1.47. The van der Waals surface area contributed by atoms with Crippen molar-refractivity contribution in [3.05, 3.63) is 69.4 Å². The van der Waals surface area contributed by atoms with Crippen LogP contribution in [0.15, 0.2) is 30.3 Å². The van der Waals surface area contributed by atoms with Crippen molar-refractivity contribution in [3.63, 3.8) is 0 Å². The number of aryl methyl sites for hydroxylation is 2. The van der Waals surface area contributed by atoms with Crippen LogP contribution in [0.4, 0.5) is 10.2 Å². The molecule has 1 aliphatic carbocycles. The predicted octanol–water partition coefficient (Wildman–Crippen LogP) is 4.97. The number of nitrogens with zero attached hydrogens (tertiary/aromatic N) is 6. The van der Waals surface area contributed by atoms with Crippen LogP contribution in [0, 0.1) is 19.7 Å². The Morgan fingerprint density at radius 3 is 2.67 bits per heavy atom. The number of halogens is 1. The molecule has 202 valence electrons. The maximum absolute atomic E-state index is 15.7. The van der Waals surface area contributed by atoms with Gasteiger partial charge >= 0.3 is 0 Å². The molecule has 3 aromatic heterocycles. The Labute approximate surface area is 230 Å². The van der Waals surface area contributed by atoms with Crippen LogP contribution in [0.1, 0.15) is 70.9 Å². The molecular formula is C29H31FN6O2S. The number of hydrogen-bond donors (Lipinski definition) is 0. The molecule has 2 aliphatic heterocycles. The van der Waals surface area contributed by atoms with Crippen molar-refractivity contribution in [1.29, 1.82) is 0 Å². The number of rotatable bonds is 6. The molecule has 7 rings (SSSR count). The molecule has 1 atom stereocenters. The third-order valence-corrected chi connectivity index (χ3v) is 8.89. The van der Waals surface area contributed by atoms with Crippen molar-refractivity contribution in [2.45, 2.75) is 57.9 Å². The lowest BCUT2D eigenvalue weighted by Crippen LogP contribution is -2.43. The fourth-order valence-corrected chi connectivity index (χ4v) is 6.68. The largest absolute Gasteiger partial charge is 0.482 e. The number of aromatic nitrogens is 4. The van der Waals surface area contributed by atoms with Crippen LogP contribution in [0.2, 0.25) is 0 Å². The van der Waals surface area contributed by atoms with Gasteiger partial charge in [0.2, 0.25) is 4.96 Å². The number of pyridine rings is 1. The summed E-state index contributed by atoms with van der Waals surface area (Å²) >= 11 is 1.50. The molecule has 1 saturated carbocycles. The van der Waals surface area contributed by atoms with Gasteiger partial charge in [0.1, 0.15) is 28.4 Å². The summed E-state index contributed by atoms with van der Waals surface area (Å²) in [6.45, 7) is 6.14. The Morgan fingerprint density at radius 1 is 1.10 bits per heavy atom. The minimum Gasteiger partial charge on any atom is -0.482 e. The lowest BCUT2D eigenvalue weighted by Gasteiger charge is -2.35. The monoisotopic (exact) mass is 546 g/mol. The third kappa shape index (κ3) is 4.44. The molecule has 0 N–H and O–H groups in total. The highest BCUT2D eigenvalue weighted by Gasteiger charge is 2.38. The molecule has 4 aromatic rings. The fraction of sp³-hybridized carbons (Fsp3) is 0.448. The number of hydrogen-bond acceptors (Lipinski definition) is 7.